The highest BCUT2D eigenvalue weighted by molar-refractivity contribution is 5.84. The summed E-state index contributed by atoms with van der Waals surface area (Å²) in [4.78, 5) is 38.1. The number of nitrogens with one attached hydrogen (secondary N) is 1. The molecule has 0 unspecified atom stereocenters. The predicted octanol–water partition coefficient (Wildman–Crippen LogP) is 0.904. The van der Waals surface area contributed by atoms with Crippen molar-refractivity contribution in [1.29, 1.82) is 0 Å². The van der Waals surface area contributed by atoms with Crippen molar-refractivity contribution in [1.82, 2.24) is 20.0 Å². The first kappa shape index (κ1) is 18.6. The van der Waals surface area contributed by atoms with E-state index >= 15 is 0 Å². The van der Waals surface area contributed by atoms with Crippen molar-refractivity contribution in [3.05, 3.63) is 40.3 Å². The van der Waals surface area contributed by atoms with E-state index in [0.29, 0.717) is 42.4 Å². The zero-order valence-corrected chi connectivity index (χ0v) is 15.3. The van der Waals surface area contributed by atoms with Crippen molar-refractivity contribution in [2.75, 3.05) is 13.1 Å². The van der Waals surface area contributed by atoms with E-state index in [4.69, 9.17) is 6.42 Å². The molecule has 1 aliphatic heterocycles. The molecule has 1 aromatic carbocycles. The van der Waals surface area contributed by atoms with Crippen LogP contribution in [0.1, 0.15) is 25.5 Å². The van der Waals surface area contributed by atoms with Crippen molar-refractivity contribution in [2.45, 2.75) is 32.9 Å². The van der Waals surface area contributed by atoms with Gasteiger partial charge in [0.15, 0.2) is 0 Å². The van der Waals surface area contributed by atoms with E-state index in [9.17, 15) is 14.4 Å². The number of benzene rings is 1. The number of amides is 2. The highest BCUT2D eigenvalue weighted by atomic mass is 16.2. The highest BCUT2D eigenvalue weighted by Crippen LogP contribution is 2.18. The van der Waals surface area contributed by atoms with E-state index in [2.05, 4.69) is 16.3 Å². The summed E-state index contributed by atoms with van der Waals surface area (Å²) in [6.07, 6.45) is 6.63. The standard InChI is InChI=1S/C20H22N4O3/c1-3-10-24-20(27)17-7-5-4-6-16(17)18(22-24)13-21-19(26)15-8-11-23(12-9-15)14(2)25/h1,4-7,15H,8-13H2,2H3,(H,21,26). The maximum atomic E-state index is 12.5. The number of terminal acetylenes is 1. The van der Waals surface area contributed by atoms with E-state index in [0.717, 1.165) is 0 Å². The van der Waals surface area contributed by atoms with Crippen LogP contribution in [0.15, 0.2) is 29.1 Å². The number of rotatable bonds is 4. The average Bonchev–Trinajstić information content (AvgIpc) is 2.69. The molecule has 7 nitrogen and oxygen atoms in total. The van der Waals surface area contributed by atoms with Crippen LogP contribution in [0, 0.1) is 18.3 Å². The molecule has 0 spiro atoms. The molecule has 2 heterocycles. The minimum atomic E-state index is -0.241. The third-order valence-electron chi connectivity index (χ3n) is 4.93. The third kappa shape index (κ3) is 4.00. The fourth-order valence-corrected chi connectivity index (χ4v) is 3.40. The number of hydrogen-bond acceptors (Lipinski definition) is 4. The molecule has 1 fully saturated rings. The lowest BCUT2D eigenvalue weighted by molar-refractivity contribution is -0.134. The summed E-state index contributed by atoms with van der Waals surface area (Å²) in [5.74, 6) is 2.29. The predicted molar refractivity (Wildman–Crippen MR) is 102 cm³/mol. The SMILES string of the molecule is C#CCn1nc(CNC(=O)C2CCN(C(C)=O)CC2)c2ccccc2c1=O. The van der Waals surface area contributed by atoms with Crippen molar-refractivity contribution >= 4 is 22.6 Å². The molecule has 1 saturated heterocycles. The lowest BCUT2D eigenvalue weighted by atomic mass is 9.96. The van der Waals surface area contributed by atoms with Gasteiger partial charge in [0.2, 0.25) is 11.8 Å². The lowest BCUT2D eigenvalue weighted by Crippen LogP contribution is -2.42. The van der Waals surface area contributed by atoms with Crippen LogP contribution in [-0.4, -0.2) is 39.6 Å². The van der Waals surface area contributed by atoms with Gasteiger partial charge in [0.25, 0.3) is 5.56 Å². The van der Waals surface area contributed by atoms with Crippen LogP contribution in [0.3, 0.4) is 0 Å². The van der Waals surface area contributed by atoms with Gasteiger partial charge in [0.1, 0.15) is 6.54 Å². The fourth-order valence-electron chi connectivity index (χ4n) is 3.40. The Morgan fingerprint density at radius 2 is 1.93 bits per heavy atom. The van der Waals surface area contributed by atoms with Gasteiger partial charge in [0.05, 0.1) is 17.6 Å². The number of nitrogens with zero attached hydrogens (tertiary/aromatic N) is 3. The number of aromatic nitrogens is 2. The molecule has 1 aliphatic rings. The minimum absolute atomic E-state index is 0.0419. The summed E-state index contributed by atoms with van der Waals surface area (Å²) < 4.78 is 1.25. The number of likely N-dealkylation sites (tertiary alicyclic amines) is 1. The summed E-state index contributed by atoms with van der Waals surface area (Å²) in [5.41, 5.74) is 0.366. The van der Waals surface area contributed by atoms with Gasteiger partial charge in [-0.05, 0) is 18.9 Å². The van der Waals surface area contributed by atoms with E-state index in [1.807, 2.05) is 12.1 Å². The smallest absolute Gasteiger partial charge is 0.275 e. The molecule has 0 atom stereocenters. The molecule has 1 aromatic heterocycles. The second-order valence-electron chi connectivity index (χ2n) is 6.66. The second kappa shape index (κ2) is 8.04. The number of carbonyl (C=O) groups is 2. The molecule has 3 rings (SSSR count). The van der Waals surface area contributed by atoms with Gasteiger partial charge < -0.3 is 10.2 Å². The van der Waals surface area contributed by atoms with E-state index < -0.39 is 0 Å². The van der Waals surface area contributed by atoms with Crippen molar-refractivity contribution in [3.63, 3.8) is 0 Å². The van der Waals surface area contributed by atoms with Gasteiger partial charge in [-0.3, -0.25) is 14.4 Å². The first-order chi connectivity index (χ1) is 13.0. The topological polar surface area (TPSA) is 84.3 Å². The molecule has 2 amide bonds. The molecular weight excluding hydrogens is 344 g/mol. The number of carbonyl (C=O) groups excluding carboxylic acids is 2. The van der Waals surface area contributed by atoms with Gasteiger partial charge in [-0.1, -0.05) is 24.1 Å². The molecule has 2 aromatic rings. The summed E-state index contributed by atoms with van der Waals surface area (Å²) in [6, 6.07) is 7.17. The lowest BCUT2D eigenvalue weighted by Gasteiger charge is -2.30. The maximum absolute atomic E-state index is 12.5. The average molecular weight is 366 g/mol. The van der Waals surface area contributed by atoms with Crippen LogP contribution in [0.5, 0.6) is 0 Å². The van der Waals surface area contributed by atoms with Crippen LogP contribution in [0.2, 0.25) is 0 Å². The van der Waals surface area contributed by atoms with Crippen molar-refractivity contribution in [2.24, 2.45) is 5.92 Å². The van der Waals surface area contributed by atoms with Gasteiger partial charge in [-0.2, -0.15) is 5.10 Å². The maximum Gasteiger partial charge on any atom is 0.275 e. The number of piperidine rings is 1. The summed E-state index contributed by atoms with van der Waals surface area (Å²) >= 11 is 0. The number of fused-ring (bicyclic) bond motifs is 1. The summed E-state index contributed by atoms with van der Waals surface area (Å²) in [5, 5.41) is 8.50. The zero-order chi connectivity index (χ0) is 19.4. The van der Waals surface area contributed by atoms with Gasteiger partial charge >= 0.3 is 0 Å². The molecule has 140 valence electrons. The Kier molecular flexibility index (Phi) is 5.55. The summed E-state index contributed by atoms with van der Waals surface area (Å²) in [6.45, 7) is 3.04. The Balaban J connectivity index is 1.74. The number of hydrogen-bond donors (Lipinski definition) is 1. The quantitative estimate of drug-likeness (QED) is 0.815. The van der Waals surface area contributed by atoms with Crippen LogP contribution >= 0.6 is 0 Å². The Hall–Kier alpha value is -3.14. The molecule has 7 heteroatoms. The van der Waals surface area contributed by atoms with Crippen molar-refractivity contribution < 1.29 is 9.59 Å². The summed E-state index contributed by atoms with van der Waals surface area (Å²) in [7, 11) is 0. The Bertz CT molecular complexity index is 965. The normalized spacial score (nSPS) is 14.7. The van der Waals surface area contributed by atoms with Crippen LogP contribution in [-0.2, 0) is 22.7 Å². The van der Waals surface area contributed by atoms with Crippen LogP contribution < -0.4 is 10.9 Å². The first-order valence-corrected chi connectivity index (χ1v) is 8.96. The Morgan fingerprint density at radius 3 is 2.56 bits per heavy atom. The van der Waals surface area contributed by atoms with E-state index in [1.165, 1.54) is 4.68 Å². The highest BCUT2D eigenvalue weighted by Gasteiger charge is 2.26. The molecule has 0 radical (unpaired) electrons. The molecule has 0 aliphatic carbocycles. The largest absolute Gasteiger partial charge is 0.350 e. The Morgan fingerprint density at radius 1 is 1.26 bits per heavy atom. The molecule has 27 heavy (non-hydrogen) atoms. The molecular formula is C20H22N4O3. The molecule has 0 bridgehead atoms. The minimum Gasteiger partial charge on any atom is -0.350 e. The van der Waals surface area contributed by atoms with Gasteiger partial charge in [0, 0.05) is 31.3 Å². The van der Waals surface area contributed by atoms with Crippen LogP contribution in [0.25, 0.3) is 10.8 Å². The zero-order valence-electron chi connectivity index (χ0n) is 15.3. The third-order valence-corrected chi connectivity index (χ3v) is 4.93. The van der Waals surface area contributed by atoms with Crippen molar-refractivity contribution in [3.8, 4) is 12.3 Å². The molecule has 0 saturated carbocycles. The van der Waals surface area contributed by atoms with Gasteiger partial charge in [-0.15, -0.1) is 6.42 Å². The van der Waals surface area contributed by atoms with E-state index in [-0.39, 0.29) is 36.4 Å². The fraction of sp³-hybridized carbons (Fsp3) is 0.400. The van der Waals surface area contributed by atoms with E-state index in [1.54, 1.807) is 24.0 Å². The second-order valence-corrected chi connectivity index (χ2v) is 6.66. The molecule has 1 N–H and O–H groups in total. The Labute approximate surface area is 157 Å². The first-order valence-electron chi connectivity index (χ1n) is 8.96. The monoisotopic (exact) mass is 366 g/mol. The van der Waals surface area contributed by atoms with Gasteiger partial charge in [-0.25, -0.2) is 4.68 Å². The van der Waals surface area contributed by atoms with Crippen LogP contribution in [0.4, 0.5) is 0 Å².